The highest BCUT2D eigenvalue weighted by Crippen LogP contribution is 2.24. The van der Waals surface area contributed by atoms with E-state index >= 15 is 0 Å². The van der Waals surface area contributed by atoms with Gasteiger partial charge in [-0.3, -0.25) is 14.5 Å². The number of thioether (sulfide) groups is 1. The van der Waals surface area contributed by atoms with Gasteiger partial charge in [0.05, 0.1) is 19.4 Å². The van der Waals surface area contributed by atoms with Crippen molar-refractivity contribution in [2.24, 2.45) is 0 Å². The molecule has 0 atom stereocenters. The third kappa shape index (κ3) is 6.28. The first-order chi connectivity index (χ1) is 16.9. The number of nitrogens with one attached hydrogen (secondary N) is 1. The number of nitrogens with zero attached hydrogens (tertiary/aromatic N) is 5. The van der Waals surface area contributed by atoms with Crippen LogP contribution < -0.4 is 15.9 Å². The standard InChI is InChI=1S/C23H26FN7O3S/c1-34-19-7-5-16(6-8-19)22-27-28-23(31(22)25)35-15-21(33)30-11-9-29(10-12-30)14-20(32)26-18-4-2-3-17(24)13-18/h2-8,13H,9-12,14-15,25H2,1H3,(H,26,32). The molecule has 184 valence electrons. The van der Waals surface area contributed by atoms with Gasteiger partial charge in [0.25, 0.3) is 0 Å². The van der Waals surface area contributed by atoms with Crippen LogP contribution in [0.3, 0.4) is 0 Å². The molecule has 0 spiro atoms. The number of benzene rings is 2. The van der Waals surface area contributed by atoms with Gasteiger partial charge in [-0.2, -0.15) is 0 Å². The second-order valence-electron chi connectivity index (χ2n) is 7.91. The maximum atomic E-state index is 13.3. The SMILES string of the molecule is COc1ccc(-c2nnc(SCC(=O)N3CCN(CC(=O)Nc4cccc(F)c4)CC3)n2N)cc1. The van der Waals surface area contributed by atoms with Crippen LogP contribution in [0.15, 0.2) is 53.7 Å². The molecule has 2 heterocycles. The second kappa shape index (κ2) is 11.2. The van der Waals surface area contributed by atoms with Gasteiger partial charge in [0.1, 0.15) is 11.6 Å². The molecule has 1 aliphatic heterocycles. The molecule has 3 aromatic rings. The summed E-state index contributed by atoms with van der Waals surface area (Å²) in [5.74, 6) is 6.89. The fourth-order valence-corrected chi connectivity index (χ4v) is 4.41. The van der Waals surface area contributed by atoms with Crippen molar-refractivity contribution in [2.75, 3.05) is 56.7 Å². The molecule has 35 heavy (non-hydrogen) atoms. The largest absolute Gasteiger partial charge is 0.497 e. The number of hydrogen-bond donors (Lipinski definition) is 2. The predicted molar refractivity (Wildman–Crippen MR) is 131 cm³/mol. The minimum Gasteiger partial charge on any atom is -0.497 e. The Kier molecular flexibility index (Phi) is 7.83. The van der Waals surface area contributed by atoms with Gasteiger partial charge in [-0.25, -0.2) is 9.07 Å². The van der Waals surface area contributed by atoms with Gasteiger partial charge in [0.15, 0.2) is 5.82 Å². The first-order valence-corrected chi connectivity index (χ1v) is 11.9. The Labute approximate surface area is 206 Å². The molecule has 0 unspecified atom stereocenters. The number of methoxy groups -OCH3 is 1. The summed E-state index contributed by atoms with van der Waals surface area (Å²) in [6.45, 7) is 2.35. The van der Waals surface area contributed by atoms with Gasteiger partial charge in [0.2, 0.25) is 17.0 Å². The summed E-state index contributed by atoms with van der Waals surface area (Å²) in [6, 6.07) is 13.1. The van der Waals surface area contributed by atoms with Crippen molar-refractivity contribution in [2.45, 2.75) is 5.16 Å². The molecule has 2 amide bonds. The fourth-order valence-electron chi connectivity index (χ4n) is 3.66. The molecule has 1 aromatic heterocycles. The van der Waals surface area contributed by atoms with E-state index in [-0.39, 0.29) is 24.1 Å². The average molecular weight is 500 g/mol. The highest BCUT2D eigenvalue weighted by Gasteiger charge is 2.23. The Bertz CT molecular complexity index is 1180. The van der Waals surface area contributed by atoms with Crippen molar-refractivity contribution in [3.05, 3.63) is 54.3 Å². The van der Waals surface area contributed by atoms with Crippen molar-refractivity contribution in [3.63, 3.8) is 0 Å². The smallest absolute Gasteiger partial charge is 0.238 e. The maximum absolute atomic E-state index is 13.3. The molecular formula is C23H26FN7O3S. The first kappa shape index (κ1) is 24.5. The predicted octanol–water partition coefficient (Wildman–Crippen LogP) is 1.68. The molecule has 10 nitrogen and oxygen atoms in total. The number of carbonyl (C=O) groups is 2. The number of amides is 2. The monoisotopic (exact) mass is 499 g/mol. The Morgan fingerprint density at radius 3 is 2.54 bits per heavy atom. The topological polar surface area (TPSA) is 119 Å². The van der Waals surface area contributed by atoms with Gasteiger partial charge < -0.3 is 20.8 Å². The lowest BCUT2D eigenvalue weighted by molar-refractivity contribution is -0.130. The van der Waals surface area contributed by atoms with E-state index in [2.05, 4.69) is 15.5 Å². The quantitative estimate of drug-likeness (QED) is 0.355. The number of nitrogen functional groups attached to an aromatic ring is 1. The molecular weight excluding hydrogens is 473 g/mol. The molecule has 0 saturated carbocycles. The molecule has 0 aliphatic carbocycles. The number of aromatic nitrogens is 3. The number of anilines is 1. The molecule has 12 heteroatoms. The molecule has 2 aromatic carbocycles. The number of hydrogen-bond acceptors (Lipinski definition) is 8. The Balaban J connectivity index is 1.23. The van der Waals surface area contributed by atoms with Crippen LogP contribution in [0.25, 0.3) is 11.4 Å². The van der Waals surface area contributed by atoms with E-state index in [4.69, 9.17) is 10.6 Å². The summed E-state index contributed by atoms with van der Waals surface area (Å²) < 4.78 is 19.8. The van der Waals surface area contributed by atoms with Gasteiger partial charge in [-0.1, -0.05) is 17.8 Å². The third-order valence-electron chi connectivity index (χ3n) is 5.54. The van der Waals surface area contributed by atoms with Crippen molar-refractivity contribution in [1.29, 1.82) is 0 Å². The summed E-state index contributed by atoms with van der Waals surface area (Å²) in [5.41, 5.74) is 1.21. The van der Waals surface area contributed by atoms with Crippen molar-refractivity contribution in [1.82, 2.24) is 24.7 Å². The first-order valence-electron chi connectivity index (χ1n) is 11.0. The minimum atomic E-state index is -0.405. The maximum Gasteiger partial charge on any atom is 0.238 e. The van der Waals surface area contributed by atoms with Crippen LogP contribution >= 0.6 is 11.8 Å². The summed E-state index contributed by atoms with van der Waals surface area (Å²) in [6.07, 6.45) is 0. The van der Waals surface area contributed by atoms with Crippen LogP contribution in [0.4, 0.5) is 10.1 Å². The Morgan fingerprint density at radius 2 is 1.86 bits per heavy atom. The van der Waals surface area contributed by atoms with Crippen LogP contribution in [-0.2, 0) is 9.59 Å². The zero-order chi connectivity index (χ0) is 24.8. The Morgan fingerprint density at radius 1 is 1.11 bits per heavy atom. The van der Waals surface area contributed by atoms with Crippen molar-refractivity contribution >= 4 is 29.3 Å². The average Bonchev–Trinajstić information content (AvgIpc) is 3.23. The van der Waals surface area contributed by atoms with E-state index < -0.39 is 5.82 Å². The number of ether oxygens (including phenoxy) is 1. The van der Waals surface area contributed by atoms with Crippen molar-refractivity contribution < 1.29 is 18.7 Å². The van der Waals surface area contributed by atoms with Gasteiger partial charge >= 0.3 is 0 Å². The molecule has 0 bridgehead atoms. The van der Waals surface area contributed by atoms with E-state index in [1.54, 1.807) is 24.1 Å². The summed E-state index contributed by atoms with van der Waals surface area (Å²) in [4.78, 5) is 28.7. The second-order valence-corrected chi connectivity index (χ2v) is 8.85. The highest BCUT2D eigenvalue weighted by atomic mass is 32.2. The van der Waals surface area contributed by atoms with Crippen LogP contribution in [0, 0.1) is 5.82 Å². The number of carbonyl (C=O) groups excluding carboxylic acids is 2. The Hall–Kier alpha value is -3.64. The summed E-state index contributed by atoms with van der Waals surface area (Å²) in [7, 11) is 1.60. The minimum absolute atomic E-state index is 0.0344. The van der Waals surface area contributed by atoms with E-state index in [9.17, 15) is 14.0 Å². The molecule has 1 saturated heterocycles. The fraction of sp³-hybridized carbons (Fsp3) is 0.304. The zero-order valence-electron chi connectivity index (χ0n) is 19.2. The molecule has 3 N–H and O–H groups in total. The third-order valence-corrected chi connectivity index (χ3v) is 6.47. The van der Waals surface area contributed by atoms with Crippen molar-refractivity contribution in [3.8, 4) is 17.1 Å². The lowest BCUT2D eigenvalue weighted by Crippen LogP contribution is -2.50. The molecule has 1 aliphatic rings. The molecule has 1 fully saturated rings. The summed E-state index contributed by atoms with van der Waals surface area (Å²) >= 11 is 1.23. The zero-order valence-corrected chi connectivity index (χ0v) is 20.0. The van der Waals surface area contributed by atoms with E-state index in [0.717, 1.165) is 11.3 Å². The van der Waals surface area contributed by atoms with Crippen LogP contribution in [0.2, 0.25) is 0 Å². The molecule has 0 radical (unpaired) electrons. The normalized spacial score (nSPS) is 14.1. The van der Waals surface area contributed by atoms with Crippen LogP contribution in [0.1, 0.15) is 0 Å². The number of nitrogens with two attached hydrogens (primary N) is 1. The van der Waals surface area contributed by atoms with Crippen LogP contribution in [-0.4, -0.2) is 82.1 Å². The van der Waals surface area contributed by atoms with E-state index in [0.29, 0.717) is 42.8 Å². The lowest BCUT2D eigenvalue weighted by Gasteiger charge is -2.34. The van der Waals surface area contributed by atoms with Crippen LogP contribution in [0.5, 0.6) is 5.75 Å². The highest BCUT2D eigenvalue weighted by molar-refractivity contribution is 7.99. The van der Waals surface area contributed by atoms with E-state index in [1.165, 1.54) is 28.6 Å². The lowest BCUT2D eigenvalue weighted by atomic mass is 10.2. The number of piperazine rings is 1. The van der Waals surface area contributed by atoms with E-state index in [1.807, 2.05) is 29.2 Å². The van der Waals surface area contributed by atoms with Gasteiger partial charge in [-0.05, 0) is 42.5 Å². The van der Waals surface area contributed by atoms with Gasteiger partial charge in [-0.15, -0.1) is 10.2 Å². The summed E-state index contributed by atoms with van der Waals surface area (Å²) in [5, 5.41) is 11.4. The number of halogens is 1. The number of rotatable bonds is 8. The van der Waals surface area contributed by atoms with Gasteiger partial charge in [0, 0.05) is 37.4 Å². The molecule has 4 rings (SSSR count).